The van der Waals surface area contributed by atoms with Gasteiger partial charge in [-0.3, -0.25) is 0 Å². The number of thiophene rings is 2. The summed E-state index contributed by atoms with van der Waals surface area (Å²) in [6.45, 7) is 5.53. The maximum Gasteiger partial charge on any atom is 0.0351 e. The molecule has 3 heteroatoms. The van der Waals surface area contributed by atoms with Crippen LogP contribution in [0.3, 0.4) is 0 Å². The van der Waals surface area contributed by atoms with Gasteiger partial charge in [0, 0.05) is 27.9 Å². The van der Waals surface area contributed by atoms with E-state index in [-0.39, 0.29) is 0 Å². The highest BCUT2D eigenvalue weighted by Gasteiger charge is 2.06. The maximum atomic E-state index is 3.66. The van der Waals surface area contributed by atoms with E-state index in [1.54, 1.807) is 0 Å². The minimum absolute atomic E-state index is 0.669. The van der Waals surface area contributed by atoms with Crippen LogP contribution in [-0.4, -0.2) is 6.04 Å². The Morgan fingerprint density at radius 3 is 2.83 bits per heavy atom. The Morgan fingerprint density at radius 2 is 2.17 bits per heavy atom. The highest BCUT2D eigenvalue weighted by atomic mass is 32.1. The largest absolute Gasteiger partial charge is 0.309 e. The number of rotatable bonds is 7. The normalized spacial score (nSPS) is 12.8. The van der Waals surface area contributed by atoms with Gasteiger partial charge in [-0.1, -0.05) is 26.3 Å². The van der Waals surface area contributed by atoms with E-state index in [4.69, 9.17) is 0 Å². The fourth-order valence-electron chi connectivity index (χ4n) is 2.09. The van der Waals surface area contributed by atoms with Gasteiger partial charge in [0.2, 0.25) is 0 Å². The van der Waals surface area contributed by atoms with E-state index in [9.17, 15) is 0 Å². The molecular formula is C15H21NS2. The highest BCUT2D eigenvalue weighted by molar-refractivity contribution is 7.14. The lowest BCUT2D eigenvalue weighted by Gasteiger charge is -2.14. The monoisotopic (exact) mass is 279 g/mol. The van der Waals surface area contributed by atoms with E-state index in [2.05, 4.69) is 48.1 Å². The van der Waals surface area contributed by atoms with Crippen molar-refractivity contribution in [3.8, 4) is 10.4 Å². The fraction of sp³-hybridized carbons (Fsp3) is 0.467. The van der Waals surface area contributed by atoms with Gasteiger partial charge < -0.3 is 5.32 Å². The molecule has 2 rings (SSSR count). The number of hydrogen-bond donors (Lipinski definition) is 1. The van der Waals surface area contributed by atoms with E-state index in [1.165, 1.54) is 34.6 Å². The molecule has 1 nitrogen and oxygen atoms in total. The van der Waals surface area contributed by atoms with Gasteiger partial charge >= 0.3 is 0 Å². The lowest BCUT2D eigenvalue weighted by atomic mass is 10.1. The Kier molecular flexibility index (Phi) is 5.42. The lowest BCUT2D eigenvalue weighted by molar-refractivity contribution is 0.464. The van der Waals surface area contributed by atoms with Gasteiger partial charge in [0.1, 0.15) is 0 Å². The molecule has 1 N–H and O–H groups in total. The van der Waals surface area contributed by atoms with Crippen LogP contribution in [-0.2, 0) is 6.54 Å². The van der Waals surface area contributed by atoms with Crippen LogP contribution < -0.4 is 5.32 Å². The molecule has 0 aliphatic carbocycles. The number of hydrogen-bond acceptors (Lipinski definition) is 3. The lowest BCUT2D eigenvalue weighted by Crippen LogP contribution is -2.27. The van der Waals surface area contributed by atoms with Crippen LogP contribution in [0.25, 0.3) is 10.4 Å². The Morgan fingerprint density at radius 1 is 1.28 bits per heavy atom. The predicted molar refractivity (Wildman–Crippen MR) is 83.5 cm³/mol. The highest BCUT2D eigenvalue weighted by Crippen LogP contribution is 2.29. The first kappa shape index (κ1) is 13.8. The van der Waals surface area contributed by atoms with Crippen molar-refractivity contribution in [1.29, 1.82) is 0 Å². The first-order chi connectivity index (χ1) is 8.83. The maximum absolute atomic E-state index is 3.66. The molecule has 0 bridgehead atoms. The summed E-state index contributed by atoms with van der Waals surface area (Å²) >= 11 is 3.68. The minimum atomic E-state index is 0.669. The molecule has 2 aromatic rings. The van der Waals surface area contributed by atoms with Crippen LogP contribution in [0.2, 0.25) is 0 Å². The molecule has 98 valence electrons. The Labute approximate surface area is 118 Å². The van der Waals surface area contributed by atoms with Crippen LogP contribution >= 0.6 is 22.7 Å². The van der Waals surface area contributed by atoms with E-state index < -0.39 is 0 Å². The van der Waals surface area contributed by atoms with Gasteiger partial charge in [-0.15, -0.1) is 22.7 Å². The molecule has 2 aromatic heterocycles. The van der Waals surface area contributed by atoms with Crippen molar-refractivity contribution < 1.29 is 0 Å². The Balaban J connectivity index is 1.91. The SMILES string of the molecule is CCCC(CC)NCc1cc(-c2cccs2)cs1. The topological polar surface area (TPSA) is 12.0 Å². The third-order valence-corrected chi connectivity index (χ3v) is 5.01. The molecule has 0 fully saturated rings. The molecule has 0 amide bonds. The molecule has 0 spiro atoms. The zero-order chi connectivity index (χ0) is 12.8. The van der Waals surface area contributed by atoms with Gasteiger partial charge in [0.15, 0.2) is 0 Å². The molecular weight excluding hydrogens is 258 g/mol. The molecule has 1 atom stereocenters. The molecule has 0 saturated heterocycles. The minimum Gasteiger partial charge on any atom is -0.309 e. The summed E-state index contributed by atoms with van der Waals surface area (Å²) in [4.78, 5) is 2.81. The Hall–Kier alpha value is -0.640. The number of nitrogens with one attached hydrogen (secondary N) is 1. The first-order valence-corrected chi connectivity index (χ1v) is 8.44. The second-order valence-electron chi connectivity index (χ2n) is 4.55. The smallest absolute Gasteiger partial charge is 0.0351 e. The summed E-state index contributed by atoms with van der Waals surface area (Å²) in [5, 5.41) is 8.06. The molecule has 18 heavy (non-hydrogen) atoms. The second kappa shape index (κ2) is 7.07. The second-order valence-corrected chi connectivity index (χ2v) is 6.50. The van der Waals surface area contributed by atoms with Crippen molar-refractivity contribution in [3.05, 3.63) is 33.8 Å². The molecule has 0 radical (unpaired) electrons. The zero-order valence-electron chi connectivity index (χ0n) is 11.1. The summed E-state index contributed by atoms with van der Waals surface area (Å²) in [6, 6.07) is 7.30. The Bertz CT molecular complexity index is 445. The van der Waals surface area contributed by atoms with Crippen molar-refractivity contribution in [2.45, 2.75) is 45.7 Å². The molecule has 1 unspecified atom stereocenters. The van der Waals surface area contributed by atoms with Crippen molar-refractivity contribution in [1.82, 2.24) is 5.32 Å². The van der Waals surface area contributed by atoms with Crippen molar-refractivity contribution in [2.24, 2.45) is 0 Å². The average molecular weight is 279 g/mol. The van der Waals surface area contributed by atoms with Crippen LogP contribution in [0.15, 0.2) is 29.0 Å². The summed E-state index contributed by atoms with van der Waals surface area (Å²) in [6.07, 6.45) is 3.76. The quantitative estimate of drug-likeness (QED) is 0.739. The third kappa shape index (κ3) is 3.67. The van der Waals surface area contributed by atoms with Crippen LogP contribution in [0.4, 0.5) is 0 Å². The van der Waals surface area contributed by atoms with Crippen molar-refractivity contribution in [3.63, 3.8) is 0 Å². The first-order valence-electron chi connectivity index (χ1n) is 6.68. The zero-order valence-corrected chi connectivity index (χ0v) is 12.7. The average Bonchev–Trinajstić information content (AvgIpc) is 3.04. The van der Waals surface area contributed by atoms with Crippen LogP contribution in [0.1, 0.15) is 38.0 Å². The van der Waals surface area contributed by atoms with Crippen molar-refractivity contribution >= 4 is 22.7 Å². The summed E-state index contributed by atoms with van der Waals surface area (Å²) < 4.78 is 0. The van der Waals surface area contributed by atoms with Crippen LogP contribution in [0.5, 0.6) is 0 Å². The van der Waals surface area contributed by atoms with Crippen LogP contribution in [0, 0.1) is 0 Å². The summed E-state index contributed by atoms with van der Waals surface area (Å²) in [5.41, 5.74) is 1.37. The van der Waals surface area contributed by atoms with Crippen molar-refractivity contribution in [2.75, 3.05) is 0 Å². The van der Waals surface area contributed by atoms with Gasteiger partial charge in [-0.05, 0) is 35.7 Å². The molecule has 2 heterocycles. The van der Waals surface area contributed by atoms with Gasteiger partial charge in [0.05, 0.1) is 0 Å². The molecule has 0 aromatic carbocycles. The molecule has 0 aliphatic heterocycles. The van der Waals surface area contributed by atoms with Gasteiger partial charge in [-0.25, -0.2) is 0 Å². The van der Waals surface area contributed by atoms with Gasteiger partial charge in [0.25, 0.3) is 0 Å². The predicted octanol–water partition coefficient (Wildman–Crippen LogP) is 5.14. The van der Waals surface area contributed by atoms with E-state index in [0.29, 0.717) is 6.04 Å². The summed E-state index contributed by atoms with van der Waals surface area (Å²) in [5.74, 6) is 0. The third-order valence-electron chi connectivity index (χ3n) is 3.15. The fourth-order valence-corrected chi connectivity index (χ4v) is 3.71. The van der Waals surface area contributed by atoms with E-state index >= 15 is 0 Å². The standard InChI is InChI=1S/C15H21NS2/c1-3-6-13(4-2)16-10-14-9-12(11-18-14)15-7-5-8-17-15/h5,7-9,11,13,16H,3-4,6,10H2,1-2H3. The summed E-state index contributed by atoms with van der Waals surface area (Å²) in [7, 11) is 0. The molecule has 0 saturated carbocycles. The molecule has 0 aliphatic rings. The van der Waals surface area contributed by atoms with E-state index in [1.807, 2.05) is 22.7 Å². The van der Waals surface area contributed by atoms with Gasteiger partial charge in [-0.2, -0.15) is 0 Å². The van der Waals surface area contributed by atoms with E-state index in [0.717, 1.165) is 6.54 Å².